The van der Waals surface area contributed by atoms with Gasteiger partial charge in [-0.15, -0.1) is 0 Å². The molecular weight excluding hydrogens is 250 g/mol. The zero-order chi connectivity index (χ0) is 14.2. The van der Waals surface area contributed by atoms with Gasteiger partial charge in [-0.1, -0.05) is 42.6 Å². The first-order chi connectivity index (χ1) is 9.60. The van der Waals surface area contributed by atoms with E-state index in [1.807, 2.05) is 6.07 Å². The minimum Gasteiger partial charge on any atom is -0.334 e. The second kappa shape index (κ2) is 5.02. The molecule has 1 heterocycles. The lowest BCUT2D eigenvalue weighted by molar-refractivity contribution is 0.275. The summed E-state index contributed by atoms with van der Waals surface area (Å²) in [5.41, 5.74) is 9.39. The van der Waals surface area contributed by atoms with Crippen LogP contribution in [0.3, 0.4) is 0 Å². The molecule has 2 aromatic rings. The summed E-state index contributed by atoms with van der Waals surface area (Å²) in [6, 6.07) is 6.16. The van der Waals surface area contributed by atoms with Crippen molar-refractivity contribution in [1.29, 1.82) is 0 Å². The Labute approximate surface area is 119 Å². The Morgan fingerprint density at radius 2 is 1.75 bits per heavy atom. The molecule has 2 N–H and O–H groups in total. The maximum atomic E-state index is 6.46. The van der Waals surface area contributed by atoms with Crippen LogP contribution in [0.2, 0.25) is 0 Å². The molecule has 1 aliphatic carbocycles. The summed E-state index contributed by atoms with van der Waals surface area (Å²) in [5, 5.41) is 4.16. The molecule has 1 aliphatic rings. The molecule has 1 aromatic carbocycles. The molecule has 0 unspecified atom stereocenters. The van der Waals surface area contributed by atoms with Gasteiger partial charge in [0.15, 0.2) is 5.82 Å². The van der Waals surface area contributed by atoms with Crippen molar-refractivity contribution in [3.63, 3.8) is 0 Å². The highest BCUT2D eigenvalue weighted by atomic mass is 16.5. The van der Waals surface area contributed by atoms with Crippen LogP contribution in [0.1, 0.15) is 49.1 Å². The third-order valence-corrected chi connectivity index (χ3v) is 4.31. The van der Waals surface area contributed by atoms with Crippen LogP contribution in [0.15, 0.2) is 22.7 Å². The monoisotopic (exact) mass is 271 g/mol. The molecule has 0 spiro atoms. The minimum atomic E-state index is -0.406. The Hall–Kier alpha value is -1.68. The summed E-state index contributed by atoms with van der Waals surface area (Å²) in [5.74, 6) is 1.25. The van der Waals surface area contributed by atoms with Gasteiger partial charge in [0.05, 0.1) is 5.54 Å². The second-order valence-corrected chi connectivity index (χ2v) is 5.91. The lowest BCUT2D eigenvalue weighted by Gasteiger charge is -2.29. The lowest BCUT2D eigenvalue weighted by Crippen LogP contribution is -2.39. The first kappa shape index (κ1) is 13.3. The first-order valence-corrected chi connectivity index (χ1v) is 7.30. The number of aryl methyl sites for hydroxylation is 2. The fourth-order valence-electron chi connectivity index (χ4n) is 3.09. The number of rotatable bonds is 2. The summed E-state index contributed by atoms with van der Waals surface area (Å²) in [6.07, 6.45) is 5.42. The first-order valence-electron chi connectivity index (χ1n) is 7.30. The van der Waals surface area contributed by atoms with Gasteiger partial charge in [-0.2, -0.15) is 4.98 Å². The molecule has 0 saturated heterocycles. The highest BCUT2D eigenvalue weighted by molar-refractivity contribution is 5.62. The molecule has 1 aromatic heterocycles. The van der Waals surface area contributed by atoms with E-state index in [1.54, 1.807) is 0 Å². The largest absolute Gasteiger partial charge is 0.334 e. The van der Waals surface area contributed by atoms with E-state index in [2.05, 4.69) is 36.1 Å². The summed E-state index contributed by atoms with van der Waals surface area (Å²) >= 11 is 0. The second-order valence-electron chi connectivity index (χ2n) is 5.91. The summed E-state index contributed by atoms with van der Waals surface area (Å²) < 4.78 is 5.49. The fourth-order valence-corrected chi connectivity index (χ4v) is 3.09. The molecule has 4 nitrogen and oxygen atoms in total. The Bertz CT molecular complexity index is 592. The Morgan fingerprint density at radius 3 is 2.40 bits per heavy atom. The maximum Gasteiger partial charge on any atom is 0.258 e. The molecule has 20 heavy (non-hydrogen) atoms. The summed E-state index contributed by atoms with van der Waals surface area (Å²) in [6.45, 7) is 4.12. The predicted molar refractivity (Wildman–Crippen MR) is 78.2 cm³/mol. The van der Waals surface area contributed by atoms with Crippen LogP contribution in [0.4, 0.5) is 0 Å². The molecule has 4 heteroatoms. The highest BCUT2D eigenvalue weighted by Gasteiger charge is 2.34. The molecule has 0 radical (unpaired) electrons. The van der Waals surface area contributed by atoms with Crippen molar-refractivity contribution < 1.29 is 4.52 Å². The van der Waals surface area contributed by atoms with E-state index in [0.717, 1.165) is 42.4 Å². The SMILES string of the molecule is Cc1cccc(C)c1-c1nc(C2(N)CCCCC2)no1. The van der Waals surface area contributed by atoms with Gasteiger partial charge in [-0.25, -0.2) is 0 Å². The van der Waals surface area contributed by atoms with E-state index in [1.165, 1.54) is 6.42 Å². The highest BCUT2D eigenvalue weighted by Crippen LogP contribution is 2.34. The van der Waals surface area contributed by atoms with Crippen molar-refractivity contribution in [2.75, 3.05) is 0 Å². The quantitative estimate of drug-likeness (QED) is 0.908. The Balaban J connectivity index is 1.98. The van der Waals surface area contributed by atoms with Gasteiger partial charge in [0.1, 0.15) is 0 Å². The number of benzene rings is 1. The van der Waals surface area contributed by atoms with Crippen LogP contribution >= 0.6 is 0 Å². The van der Waals surface area contributed by atoms with E-state index in [4.69, 9.17) is 10.3 Å². The van der Waals surface area contributed by atoms with E-state index >= 15 is 0 Å². The van der Waals surface area contributed by atoms with Crippen LogP contribution in [0.25, 0.3) is 11.5 Å². The summed E-state index contributed by atoms with van der Waals surface area (Å²) in [7, 11) is 0. The van der Waals surface area contributed by atoms with E-state index in [0.29, 0.717) is 11.7 Å². The average Bonchev–Trinajstić information content (AvgIpc) is 2.90. The number of nitrogens with two attached hydrogens (primary N) is 1. The average molecular weight is 271 g/mol. The Kier molecular flexibility index (Phi) is 3.34. The van der Waals surface area contributed by atoms with Crippen LogP contribution in [-0.4, -0.2) is 10.1 Å². The predicted octanol–water partition coefficient (Wildman–Crippen LogP) is 3.47. The van der Waals surface area contributed by atoms with E-state index in [-0.39, 0.29) is 0 Å². The smallest absolute Gasteiger partial charge is 0.258 e. The number of aromatic nitrogens is 2. The minimum absolute atomic E-state index is 0.406. The van der Waals surface area contributed by atoms with Gasteiger partial charge in [0.25, 0.3) is 5.89 Å². The lowest BCUT2D eigenvalue weighted by atomic mass is 9.82. The maximum absolute atomic E-state index is 6.46. The molecule has 0 aliphatic heterocycles. The van der Waals surface area contributed by atoms with E-state index < -0.39 is 5.54 Å². The normalized spacial score (nSPS) is 18.1. The van der Waals surface area contributed by atoms with Crippen molar-refractivity contribution in [3.8, 4) is 11.5 Å². The molecule has 3 rings (SSSR count). The third kappa shape index (κ3) is 2.24. The van der Waals surface area contributed by atoms with Gasteiger partial charge < -0.3 is 10.3 Å². The zero-order valence-corrected chi connectivity index (χ0v) is 12.1. The number of hydrogen-bond acceptors (Lipinski definition) is 4. The van der Waals surface area contributed by atoms with E-state index in [9.17, 15) is 0 Å². The zero-order valence-electron chi connectivity index (χ0n) is 12.1. The molecule has 1 saturated carbocycles. The molecule has 0 atom stereocenters. The van der Waals surface area contributed by atoms with Crippen molar-refractivity contribution in [1.82, 2.24) is 10.1 Å². The molecule has 0 bridgehead atoms. The van der Waals surface area contributed by atoms with Gasteiger partial charge in [0.2, 0.25) is 0 Å². The van der Waals surface area contributed by atoms with Gasteiger partial charge in [-0.05, 0) is 37.8 Å². The molecule has 106 valence electrons. The van der Waals surface area contributed by atoms with Crippen LogP contribution in [0, 0.1) is 13.8 Å². The van der Waals surface area contributed by atoms with Crippen molar-refractivity contribution in [3.05, 3.63) is 35.2 Å². The van der Waals surface area contributed by atoms with Gasteiger partial charge >= 0.3 is 0 Å². The van der Waals surface area contributed by atoms with Gasteiger partial charge in [0, 0.05) is 5.56 Å². The van der Waals surface area contributed by atoms with Crippen molar-refractivity contribution in [2.24, 2.45) is 5.73 Å². The van der Waals surface area contributed by atoms with Crippen LogP contribution in [-0.2, 0) is 5.54 Å². The van der Waals surface area contributed by atoms with Crippen molar-refractivity contribution >= 4 is 0 Å². The molecule has 1 fully saturated rings. The van der Waals surface area contributed by atoms with Gasteiger partial charge in [-0.3, -0.25) is 0 Å². The summed E-state index contributed by atoms with van der Waals surface area (Å²) in [4.78, 5) is 4.59. The molecular formula is C16H21N3O. The topological polar surface area (TPSA) is 64.9 Å². The number of nitrogens with zero attached hydrogens (tertiary/aromatic N) is 2. The Morgan fingerprint density at radius 1 is 1.10 bits per heavy atom. The van der Waals surface area contributed by atoms with Crippen LogP contribution < -0.4 is 5.73 Å². The standard InChI is InChI=1S/C16H21N3O/c1-11-7-6-8-12(2)13(11)14-18-15(19-20-14)16(17)9-4-3-5-10-16/h6-8H,3-5,9-10,17H2,1-2H3. The molecule has 0 amide bonds. The fraction of sp³-hybridized carbons (Fsp3) is 0.500. The third-order valence-electron chi connectivity index (χ3n) is 4.31. The van der Waals surface area contributed by atoms with Crippen LogP contribution in [0.5, 0.6) is 0 Å². The van der Waals surface area contributed by atoms with Crippen molar-refractivity contribution in [2.45, 2.75) is 51.5 Å². The number of hydrogen-bond donors (Lipinski definition) is 1.